The van der Waals surface area contributed by atoms with Crippen LogP contribution in [0.2, 0.25) is 0 Å². The fourth-order valence-electron chi connectivity index (χ4n) is 1.82. The van der Waals surface area contributed by atoms with Crippen LogP contribution in [0, 0.1) is 5.41 Å². The number of carbonyl (C=O) groups excluding carboxylic acids is 1. The van der Waals surface area contributed by atoms with E-state index in [1.165, 1.54) is 12.3 Å². The van der Waals surface area contributed by atoms with E-state index >= 15 is 0 Å². The van der Waals surface area contributed by atoms with Gasteiger partial charge in [0, 0.05) is 6.08 Å². The Bertz CT molecular complexity index is 390. The summed E-state index contributed by atoms with van der Waals surface area (Å²) in [6.45, 7) is 3.83. The van der Waals surface area contributed by atoms with Gasteiger partial charge in [-0.3, -0.25) is 4.79 Å². The zero-order valence-electron chi connectivity index (χ0n) is 8.94. The quantitative estimate of drug-likeness (QED) is 0.700. The summed E-state index contributed by atoms with van der Waals surface area (Å²) in [5.41, 5.74) is 0.552. The van der Waals surface area contributed by atoms with Crippen molar-refractivity contribution >= 4 is 5.78 Å². The molecule has 0 amide bonds. The first kappa shape index (κ1) is 9.97. The molecular weight excluding hydrogens is 188 g/mol. The number of allylic oxidation sites excluding steroid dienone is 1. The van der Waals surface area contributed by atoms with Crippen LogP contribution in [-0.2, 0) is 9.53 Å². The molecular formula is C13H14O2. The Labute approximate surface area is 89.6 Å². The van der Waals surface area contributed by atoms with Crippen molar-refractivity contribution in [2.75, 3.05) is 0 Å². The van der Waals surface area contributed by atoms with Crippen molar-refractivity contribution in [3.63, 3.8) is 0 Å². The van der Waals surface area contributed by atoms with E-state index in [1.54, 1.807) is 0 Å². The number of benzene rings is 1. The van der Waals surface area contributed by atoms with Crippen molar-refractivity contribution in [2.45, 2.75) is 20.0 Å². The van der Waals surface area contributed by atoms with Crippen LogP contribution in [-0.4, -0.2) is 5.78 Å². The van der Waals surface area contributed by atoms with E-state index in [4.69, 9.17) is 4.74 Å². The van der Waals surface area contributed by atoms with Gasteiger partial charge in [-0.05, 0) is 19.4 Å². The smallest absolute Gasteiger partial charge is 0.168 e. The molecule has 15 heavy (non-hydrogen) atoms. The third-order valence-electron chi connectivity index (χ3n) is 2.83. The number of ketones is 1. The summed E-state index contributed by atoms with van der Waals surface area (Å²) in [4.78, 5) is 11.7. The zero-order valence-corrected chi connectivity index (χ0v) is 8.94. The monoisotopic (exact) mass is 202 g/mol. The second kappa shape index (κ2) is 3.54. The van der Waals surface area contributed by atoms with E-state index in [0.717, 1.165) is 5.56 Å². The number of hydrogen-bond donors (Lipinski definition) is 0. The summed E-state index contributed by atoms with van der Waals surface area (Å²) >= 11 is 0. The van der Waals surface area contributed by atoms with E-state index in [0.29, 0.717) is 0 Å². The van der Waals surface area contributed by atoms with Gasteiger partial charge in [0.05, 0.1) is 11.7 Å². The second-order valence-electron chi connectivity index (χ2n) is 4.32. The molecule has 0 radical (unpaired) electrons. The van der Waals surface area contributed by atoms with Gasteiger partial charge < -0.3 is 4.74 Å². The highest BCUT2D eigenvalue weighted by Crippen LogP contribution is 2.40. The summed E-state index contributed by atoms with van der Waals surface area (Å²) < 4.78 is 5.55. The lowest BCUT2D eigenvalue weighted by molar-refractivity contribution is -0.131. The van der Waals surface area contributed by atoms with E-state index in [1.807, 2.05) is 44.2 Å². The number of ether oxygens (including phenoxy) is 1. The van der Waals surface area contributed by atoms with Crippen LogP contribution in [0.3, 0.4) is 0 Å². The summed E-state index contributed by atoms with van der Waals surface area (Å²) in [6.07, 6.45) is 2.81. The van der Waals surface area contributed by atoms with Gasteiger partial charge in [0.1, 0.15) is 6.10 Å². The molecule has 0 saturated heterocycles. The minimum Gasteiger partial charge on any atom is -0.492 e. The molecule has 1 atom stereocenters. The molecule has 2 rings (SSSR count). The predicted octanol–water partition coefficient (Wildman–Crippen LogP) is 2.87. The first-order valence-corrected chi connectivity index (χ1v) is 5.04. The third kappa shape index (κ3) is 1.67. The van der Waals surface area contributed by atoms with Gasteiger partial charge in [0.25, 0.3) is 0 Å². The molecule has 1 heterocycles. The molecule has 0 bridgehead atoms. The molecule has 78 valence electrons. The predicted molar refractivity (Wildman–Crippen MR) is 58.2 cm³/mol. The first-order chi connectivity index (χ1) is 7.12. The molecule has 1 aliphatic rings. The van der Waals surface area contributed by atoms with Gasteiger partial charge in [-0.15, -0.1) is 0 Å². The largest absolute Gasteiger partial charge is 0.492 e. The van der Waals surface area contributed by atoms with Gasteiger partial charge in [-0.2, -0.15) is 0 Å². The highest BCUT2D eigenvalue weighted by atomic mass is 16.5. The van der Waals surface area contributed by atoms with Gasteiger partial charge in [-0.25, -0.2) is 0 Å². The van der Waals surface area contributed by atoms with Gasteiger partial charge in [-0.1, -0.05) is 30.3 Å². The van der Waals surface area contributed by atoms with Crippen LogP contribution in [0.15, 0.2) is 42.7 Å². The van der Waals surface area contributed by atoms with Crippen molar-refractivity contribution in [1.82, 2.24) is 0 Å². The first-order valence-electron chi connectivity index (χ1n) is 5.04. The van der Waals surface area contributed by atoms with E-state index in [9.17, 15) is 4.79 Å². The Morgan fingerprint density at radius 2 is 1.87 bits per heavy atom. The van der Waals surface area contributed by atoms with Gasteiger partial charge in [0.15, 0.2) is 5.78 Å². The fraction of sp³-hybridized carbons (Fsp3) is 0.308. The summed E-state index contributed by atoms with van der Waals surface area (Å²) in [5.74, 6) is 0.114. The van der Waals surface area contributed by atoms with Crippen molar-refractivity contribution in [1.29, 1.82) is 0 Å². The van der Waals surface area contributed by atoms with Crippen LogP contribution >= 0.6 is 0 Å². The van der Waals surface area contributed by atoms with E-state index in [2.05, 4.69) is 0 Å². The lowest BCUT2D eigenvalue weighted by Crippen LogP contribution is -2.33. The average molecular weight is 202 g/mol. The average Bonchev–Trinajstić information content (AvgIpc) is 2.23. The maximum absolute atomic E-state index is 11.7. The lowest BCUT2D eigenvalue weighted by atomic mass is 9.78. The van der Waals surface area contributed by atoms with Crippen LogP contribution < -0.4 is 0 Å². The molecule has 1 aliphatic heterocycles. The zero-order chi connectivity index (χ0) is 10.9. The van der Waals surface area contributed by atoms with Crippen LogP contribution in [0.4, 0.5) is 0 Å². The Kier molecular flexibility index (Phi) is 2.35. The molecule has 0 aromatic heterocycles. The Hall–Kier alpha value is -1.57. The third-order valence-corrected chi connectivity index (χ3v) is 2.83. The molecule has 1 aromatic carbocycles. The Balaban J connectivity index is 2.38. The molecule has 1 aromatic rings. The minimum absolute atomic E-state index is 0.114. The van der Waals surface area contributed by atoms with E-state index in [-0.39, 0.29) is 11.9 Å². The van der Waals surface area contributed by atoms with Crippen molar-refractivity contribution in [3.05, 3.63) is 48.2 Å². The summed E-state index contributed by atoms with van der Waals surface area (Å²) in [6, 6.07) is 9.84. The SMILES string of the molecule is CC1(C)C(=O)C=CO[C@@H]1c1ccccc1. The van der Waals surface area contributed by atoms with Gasteiger partial charge >= 0.3 is 0 Å². The topological polar surface area (TPSA) is 26.3 Å². The Morgan fingerprint density at radius 3 is 2.53 bits per heavy atom. The van der Waals surface area contributed by atoms with Crippen LogP contribution in [0.5, 0.6) is 0 Å². The van der Waals surface area contributed by atoms with Gasteiger partial charge in [0.2, 0.25) is 0 Å². The maximum Gasteiger partial charge on any atom is 0.168 e. The number of rotatable bonds is 1. The standard InChI is InChI=1S/C13H14O2/c1-13(2)11(14)8-9-15-12(13)10-6-4-3-5-7-10/h3-9,12H,1-2H3/t12-/m1/s1. The van der Waals surface area contributed by atoms with Crippen molar-refractivity contribution in [2.24, 2.45) is 5.41 Å². The van der Waals surface area contributed by atoms with Crippen LogP contribution in [0.25, 0.3) is 0 Å². The molecule has 2 nitrogen and oxygen atoms in total. The summed E-state index contributed by atoms with van der Waals surface area (Å²) in [5, 5.41) is 0. The molecule has 0 aliphatic carbocycles. The fourth-order valence-corrected chi connectivity index (χ4v) is 1.82. The minimum atomic E-state index is -0.490. The normalized spacial score (nSPS) is 23.6. The number of carbonyl (C=O) groups is 1. The lowest BCUT2D eigenvalue weighted by Gasteiger charge is -2.34. The molecule has 0 N–H and O–H groups in total. The van der Waals surface area contributed by atoms with Crippen molar-refractivity contribution < 1.29 is 9.53 Å². The van der Waals surface area contributed by atoms with Crippen molar-refractivity contribution in [3.8, 4) is 0 Å². The molecule has 0 fully saturated rings. The molecule has 0 spiro atoms. The maximum atomic E-state index is 11.7. The Morgan fingerprint density at radius 1 is 1.20 bits per heavy atom. The van der Waals surface area contributed by atoms with E-state index < -0.39 is 5.41 Å². The highest BCUT2D eigenvalue weighted by Gasteiger charge is 2.39. The highest BCUT2D eigenvalue weighted by molar-refractivity contribution is 5.95. The molecule has 0 unspecified atom stereocenters. The van der Waals surface area contributed by atoms with Crippen LogP contribution in [0.1, 0.15) is 25.5 Å². The summed E-state index contributed by atoms with van der Waals surface area (Å²) in [7, 11) is 0. The molecule has 0 saturated carbocycles. The second-order valence-corrected chi connectivity index (χ2v) is 4.32. The number of hydrogen-bond acceptors (Lipinski definition) is 2. The molecule has 2 heteroatoms.